The van der Waals surface area contributed by atoms with E-state index < -0.39 is 0 Å². The third kappa shape index (κ3) is 3.74. The number of thiazole rings is 1. The molecule has 7 nitrogen and oxygen atoms in total. The maximum atomic E-state index is 12.7. The Morgan fingerprint density at radius 1 is 0.931 bits per heavy atom. The highest BCUT2D eigenvalue weighted by Gasteiger charge is 2.16. The minimum atomic E-state index is -0.286. The second-order valence-electron chi connectivity index (χ2n) is 6.83. The Bertz CT molecular complexity index is 1240. The maximum absolute atomic E-state index is 12.7. The second-order valence-corrected chi connectivity index (χ2v) is 7.86. The van der Waals surface area contributed by atoms with E-state index in [4.69, 9.17) is 0 Å². The van der Waals surface area contributed by atoms with Crippen molar-refractivity contribution in [1.82, 2.24) is 15.2 Å². The van der Waals surface area contributed by atoms with Crippen LogP contribution < -0.4 is 10.6 Å². The van der Waals surface area contributed by atoms with Gasteiger partial charge in [0.15, 0.2) is 5.13 Å². The maximum Gasteiger partial charge on any atom is 0.267 e. The summed E-state index contributed by atoms with van der Waals surface area (Å²) in [6.45, 7) is 5.87. The number of fused-ring (bicyclic) bond motifs is 1. The molecule has 2 aromatic carbocycles. The van der Waals surface area contributed by atoms with E-state index in [0.717, 1.165) is 38.9 Å². The lowest BCUT2D eigenvalue weighted by molar-refractivity contribution is 0.102. The minimum Gasteiger partial charge on any atom is -0.320 e. The van der Waals surface area contributed by atoms with Crippen molar-refractivity contribution in [3.8, 4) is 0 Å². The Balaban J connectivity index is 1.50. The van der Waals surface area contributed by atoms with Crippen LogP contribution in [0.1, 0.15) is 36.7 Å². The van der Waals surface area contributed by atoms with E-state index in [2.05, 4.69) is 25.8 Å². The molecule has 2 aromatic heterocycles. The van der Waals surface area contributed by atoms with Crippen molar-refractivity contribution in [3.63, 3.8) is 0 Å². The van der Waals surface area contributed by atoms with E-state index in [-0.39, 0.29) is 11.8 Å². The molecule has 4 rings (SSSR count). The number of benzene rings is 2. The summed E-state index contributed by atoms with van der Waals surface area (Å²) < 4.78 is 0. The van der Waals surface area contributed by atoms with E-state index in [1.54, 1.807) is 12.3 Å². The number of aryl methyl sites for hydroxylation is 3. The summed E-state index contributed by atoms with van der Waals surface area (Å²) in [5, 5.41) is 13.8. The van der Waals surface area contributed by atoms with Gasteiger partial charge in [-0.2, -0.15) is 5.10 Å². The highest BCUT2D eigenvalue weighted by Crippen LogP contribution is 2.27. The van der Waals surface area contributed by atoms with Crippen molar-refractivity contribution < 1.29 is 9.59 Å². The van der Waals surface area contributed by atoms with Gasteiger partial charge in [-0.3, -0.25) is 20.0 Å². The molecule has 29 heavy (non-hydrogen) atoms. The van der Waals surface area contributed by atoms with Gasteiger partial charge in [0.1, 0.15) is 4.88 Å². The zero-order valence-electron chi connectivity index (χ0n) is 16.2. The first-order valence-corrected chi connectivity index (χ1v) is 9.82. The lowest BCUT2D eigenvalue weighted by Gasteiger charge is -2.08. The highest BCUT2D eigenvalue weighted by atomic mass is 32.1. The van der Waals surface area contributed by atoms with Crippen LogP contribution in [-0.2, 0) is 0 Å². The molecule has 0 unspecified atom stereocenters. The van der Waals surface area contributed by atoms with Gasteiger partial charge >= 0.3 is 0 Å². The van der Waals surface area contributed by atoms with Crippen LogP contribution in [0.25, 0.3) is 10.9 Å². The summed E-state index contributed by atoms with van der Waals surface area (Å²) >= 11 is 1.13. The number of hydrogen-bond acceptors (Lipinski definition) is 5. The van der Waals surface area contributed by atoms with Crippen LogP contribution in [0.2, 0.25) is 0 Å². The number of hydrogen-bond donors (Lipinski definition) is 3. The SMILES string of the molecule is Cc1ccc(C(=O)Nc2ncc(C(=O)Nc3c(C)ccc4[nH]ncc34)s2)cc1C. The number of aromatic amines is 1. The van der Waals surface area contributed by atoms with E-state index >= 15 is 0 Å². The quantitative estimate of drug-likeness (QED) is 0.467. The summed E-state index contributed by atoms with van der Waals surface area (Å²) in [6.07, 6.45) is 3.14. The van der Waals surface area contributed by atoms with Crippen molar-refractivity contribution in [2.24, 2.45) is 0 Å². The zero-order chi connectivity index (χ0) is 20.5. The van der Waals surface area contributed by atoms with Gasteiger partial charge in [-0.15, -0.1) is 0 Å². The van der Waals surface area contributed by atoms with Crippen molar-refractivity contribution >= 4 is 44.9 Å². The molecule has 4 aromatic rings. The third-order valence-corrected chi connectivity index (χ3v) is 5.70. The average molecular weight is 405 g/mol. The summed E-state index contributed by atoms with van der Waals surface area (Å²) in [4.78, 5) is 29.7. The molecule has 0 saturated heterocycles. The van der Waals surface area contributed by atoms with Gasteiger partial charge in [-0.05, 0) is 55.7 Å². The van der Waals surface area contributed by atoms with Crippen LogP contribution >= 0.6 is 11.3 Å². The number of carbonyl (C=O) groups excluding carboxylic acids is 2. The molecule has 0 saturated carbocycles. The molecule has 0 aliphatic rings. The molecule has 0 aliphatic carbocycles. The van der Waals surface area contributed by atoms with Crippen LogP contribution in [0.5, 0.6) is 0 Å². The fourth-order valence-corrected chi connectivity index (χ4v) is 3.66. The number of anilines is 2. The average Bonchev–Trinajstić information content (AvgIpc) is 3.35. The van der Waals surface area contributed by atoms with E-state index in [1.165, 1.54) is 6.20 Å². The molecule has 8 heteroatoms. The number of nitrogens with zero attached hydrogens (tertiary/aromatic N) is 2. The molecule has 2 amide bonds. The Hall–Kier alpha value is -3.52. The molecule has 0 spiro atoms. The Morgan fingerprint density at radius 2 is 1.72 bits per heavy atom. The van der Waals surface area contributed by atoms with Gasteiger partial charge in [-0.25, -0.2) is 4.98 Å². The van der Waals surface area contributed by atoms with Crippen LogP contribution in [0.4, 0.5) is 10.8 Å². The van der Waals surface area contributed by atoms with E-state index in [1.807, 2.05) is 45.0 Å². The molecular formula is C21H19N5O2S. The Kier molecular flexibility index (Phi) is 4.85. The highest BCUT2D eigenvalue weighted by molar-refractivity contribution is 7.17. The van der Waals surface area contributed by atoms with Crippen molar-refractivity contribution in [2.45, 2.75) is 20.8 Å². The summed E-state index contributed by atoms with van der Waals surface area (Å²) in [7, 11) is 0. The topological polar surface area (TPSA) is 99.8 Å². The van der Waals surface area contributed by atoms with Gasteiger partial charge in [0.05, 0.1) is 23.6 Å². The molecule has 0 atom stereocenters. The van der Waals surface area contributed by atoms with Crippen LogP contribution in [0.15, 0.2) is 42.7 Å². The fourth-order valence-electron chi connectivity index (χ4n) is 2.96. The summed E-state index contributed by atoms with van der Waals surface area (Å²) in [6, 6.07) is 9.34. The fraction of sp³-hybridized carbons (Fsp3) is 0.143. The summed E-state index contributed by atoms with van der Waals surface area (Å²) in [5.41, 5.74) is 5.20. The number of H-pyrrole nitrogens is 1. The number of carbonyl (C=O) groups is 2. The van der Waals surface area contributed by atoms with Crippen molar-refractivity contribution in [3.05, 3.63) is 69.9 Å². The standard InChI is InChI=1S/C21H19N5O2S/c1-11-4-6-14(8-13(11)3)19(27)25-21-22-10-17(29-21)20(28)24-18-12(2)5-7-16-15(18)9-23-26-16/h4-10H,1-3H3,(H,23,26)(H,24,28)(H,22,25,27). The number of amides is 2. The molecule has 0 bridgehead atoms. The predicted molar refractivity (Wildman–Crippen MR) is 115 cm³/mol. The second kappa shape index (κ2) is 7.48. The first-order chi connectivity index (χ1) is 13.9. The minimum absolute atomic E-state index is 0.256. The van der Waals surface area contributed by atoms with Gasteiger partial charge in [0.25, 0.3) is 11.8 Å². The molecule has 0 fully saturated rings. The number of rotatable bonds is 4. The monoisotopic (exact) mass is 405 g/mol. The molecule has 0 aliphatic heterocycles. The van der Waals surface area contributed by atoms with Crippen LogP contribution in [0, 0.1) is 20.8 Å². The lowest BCUT2D eigenvalue weighted by atomic mass is 10.1. The van der Waals surface area contributed by atoms with Crippen molar-refractivity contribution in [2.75, 3.05) is 10.6 Å². The molecule has 2 heterocycles. The van der Waals surface area contributed by atoms with E-state index in [9.17, 15) is 9.59 Å². The van der Waals surface area contributed by atoms with Crippen molar-refractivity contribution in [1.29, 1.82) is 0 Å². The smallest absolute Gasteiger partial charge is 0.267 e. The summed E-state index contributed by atoms with van der Waals surface area (Å²) in [5.74, 6) is -0.542. The largest absolute Gasteiger partial charge is 0.320 e. The third-order valence-electron chi connectivity index (χ3n) is 4.79. The molecule has 3 N–H and O–H groups in total. The predicted octanol–water partition coefficient (Wildman–Crippen LogP) is 4.45. The van der Waals surface area contributed by atoms with Gasteiger partial charge < -0.3 is 5.32 Å². The Labute approximate surface area is 171 Å². The Morgan fingerprint density at radius 3 is 2.52 bits per heavy atom. The number of nitrogens with one attached hydrogen (secondary N) is 3. The van der Waals surface area contributed by atoms with Crippen LogP contribution in [0.3, 0.4) is 0 Å². The van der Waals surface area contributed by atoms with Gasteiger partial charge in [0, 0.05) is 10.9 Å². The zero-order valence-corrected chi connectivity index (χ0v) is 17.0. The first-order valence-electron chi connectivity index (χ1n) is 9.01. The lowest BCUT2D eigenvalue weighted by Crippen LogP contribution is -2.12. The van der Waals surface area contributed by atoms with Crippen LogP contribution in [-0.4, -0.2) is 27.0 Å². The molecular weight excluding hydrogens is 386 g/mol. The molecule has 0 radical (unpaired) electrons. The van der Waals surface area contributed by atoms with Gasteiger partial charge in [-0.1, -0.05) is 23.5 Å². The number of aromatic nitrogens is 3. The van der Waals surface area contributed by atoms with Gasteiger partial charge in [0.2, 0.25) is 0 Å². The first kappa shape index (κ1) is 18.8. The molecule has 146 valence electrons. The normalized spacial score (nSPS) is 10.9. The van der Waals surface area contributed by atoms with E-state index in [0.29, 0.717) is 21.3 Å².